The van der Waals surface area contributed by atoms with Crippen molar-refractivity contribution < 1.29 is 73.3 Å². The molecule has 0 fully saturated rings. The fourth-order valence-corrected chi connectivity index (χ4v) is 16.8. The number of imidazole rings is 4. The normalized spacial score (nSPS) is 13.2. The first-order valence-corrected chi connectivity index (χ1v) is 47.9. The summed E-state index contributed by atoms with van der Waals surface area (Å²) in [5.41, 5.74) is 12.0. The van der Waals surface area contributed by atoms with Crippen LogP contribution in [0.2, 0.25) is 15.1 Å². The molecule has 29 nitrogen and oxygen atoms in total. The summed E-state index contributed by atoms with van der Waals surface area (Å²) in [7, 11) is 5.35. The zero-order valence-corrected chi connectivity index (χ0v) is 84.7. The van der Waals surface area contributed by atoms with Crippen LogP contribution in [0.15, 0.2) is 213 Å². The van der Waals surface area contributed by atoms with E-state index in [9.17, 15) is 54.3 Å². The highest BCUT2D eigenvalue weighted by atomic mass is 35.5. The lowest BCUT2D eigenvalue weighted by Crippen LogP contribution is -2.57. The Morgan fingerprint density at radius 2 is 0.950 bits per heavy atom. The van der Waals surface area contributed by atoms with E-state index in [2.05, 4.69) is 47.0 Å². The maximum Gasteiger partial charge on any atom is 0.254 e. The summed E-state index contributed by atoms with van der Waals surface area (Å²) in [6, 6.07) is 50.8. The molecule has 13 rings (SSSR count). The Morgan fingerprint density at radius 1 is 0.521 bits per heavy atom. The summed E-state index contributed by atoms with van der Waals surface area (Å²) in [6.07, 6.45) is 9.44. The molecular formula is C108H127Cl3N14O15. The number of nitrogens with one attached hydrogen (secondary N) is 4. The molecule has 140 heavy (non-hydrogen) atoms. The number of rotatable bonds is 38. The van der Waals surface area contributed by atoms with Gasteiger partial charge < -0.3 is 88.7 Å². The average Bonchev–Trinajstić information content (AvgIpc) is 1.39. The van der Waals surface area contributed by atoms with Crippen molar-refractivity contribution in [3.8, 4) is 62.3 Å². The molecule has 13 aromatic rings. The monoisotopic (exact) mass is 1960 g/mol. The number of carbonyl (C=O) groups excluding carboxylic acids is 7. The first-order valence-electron chi connectivity index (χ1n) is 46.8. The standard InChI is InChI=1S/C51H56ClN7O7.C29H35ClN4O4.C28H36ClN3O4/c1-30(2)66-46-20-19-39(25-43(46)52)51(65)59(40(26-53-49(63)33(5)61)23-35-11-15-37(16-12-35)44-28-57-21-7-9-31(3)47(57)55-44)41(27-54-50(64)34(6)62)24-36-13-17-38(18-14-36)45-29-58-22-8-10-42(32(4)60)48(58)56-45;1-7-34-17-25(32-28(34)19(4)35)21-10-8-20(9-11-21)14-23(16-27(36)33(5)6)31-29(37)22-12-13-26(24(30)15-22)38-18(2)3;1-18(2)36-24-13-10-20(16-22(24)29)25(34)31-28(35,14-7-15-33)21-11-8-19(9-12-21)23-17-32(6)26(30-23)27(3,4)5/h7-22,25,28-30,32-34,40-41,60-62H,23-24,26-27H2,1-6H3,(H,53,63)(H,54,64);8-13,15,17-18,23H,7,14,16H2,1-6H3,(H,31,37);8-13,16-18,33,35H,7,14-15H2,1-6H3,(H,31,34). The van der Waals surface area contributed by atoms with Gasteiger partial charge in [-0.25, -0.2) is 19.9 Å². The molecular weight excluding hydrogens is 1840 g/mol. The number of Topliss-reactive ketones (excluding diaryl/α,β-unsaturated/α-hetero) is 1. The maximum atomic E-state index is 15.3. The quantitative estimate of drug-likeness (QED) is 0.0128. The molecule has 0 spiro atoms. The van der Waals surface area contributed by atoms with Crippen molar-refractivity contribution in [2.45, 2.75) is 215 Å². The van der Waals surface area contributed by atoms with Gasteiger partial charge in [0.2, 0.25) is 17.7 Å². The molecule has 7 aromatic carbocycles. The van der Waals surface area contributed by atoms with Crippen LogP contribution in [0.25, 0.3) is 56.3 Å². The third-order valence-corrected chi connectivity index (χ3v) is 24.1. The predicted octanol–water partition coefficient (Wildman–Crippen LogP) is 17.0. The van der Waals surface area contributed by atoms with Gasteiger partial charge in [-0.3, -0.25) is 33.6 Å². The van der Waals surface area contributed by atoms with E-state index in [1.54, 1.807) is 86.6 Å². The Bertz CT molecular complexity index is 6480. The van der Waals surface area contributed by atoms with Crippen LogP contribution in [-0.2, 0) is 58.4 Å². The lowest BCUT2D eigenvalue weighted by atomic mass is 9.95. The van der Waals surface area contributed by atoms with Gasteiger partial charge in [-0.1, -0.05) is 165 Å². The number of hydrogen-bond acceptors (Lipinski definition) is 19. The highest BCUT2D eigenvalue weighted by molar-refractivity contribution is 6.33. The van der Waals surface area contributed by atoms with E-state index in [0.717, 1.165) is 73.1 Å². The van der Waals surface area contributed by atoms with Gasteiger partial charge in [-0.05, 0) is 191 Å². The highest BCUT2D eigenvalue weighted by Gasteiger charge is 2.36. The highest BCUT2D eigenvalue weighted by Crippen LogP contribution is 2.36. The minimum Gasteiger partial charge on any atom is -0.489 e. The Morgan fingerprint density at radius 3 is 1.36 bits per heavy atom. The van der Waals surface area contributed by atoms with Crippen LogP contribution in [0.5, 0.6) is 17.2 Å². The van der Waals surface area contributed by atoms with Crippen LogP contribution in [0.3, 0.4) is 0 Å². The van der Waals surface area contributed by atoms with Crippen LogP contribution >= 0.6 is 34.8 Å². The number of pyridine rings is 2. The molecule has 7 atom stereocenters. The number of carbonyl (C=O) groups is 7. The summed E-state index contributed by atoms with van der Waals surface area (Å²) in [5, 5.41) is 64.0. The van der Waals surface area contributed by atoms with Crippen molar-refractivity contribution in [3.05, 3.63) is 290 Å². The number of ether oxygens (including phenoxy) is 3. The summed E-state index contributed by atoms with van der Waals surface area (Å²) >= 11 is 19.4. The van der Waals surface area contributed by atoms with Crippen molar-refractivity contribution >= 4 is 87.3 Å². The van der Waals surface area contributed by atoms with Crippen LogP contribution in [0.1, 0.15) is 203 Å². The number of aliphatic hydroxyl groups is 5. The van der Waals surface area contributed by atoms with Gasteiger partial charge in [0.1, 0.15) is 46.6 Å². The maximum absolute atomic E-state index is 15.3. The van der Waals surface area contributed by atoms with E-state index < -0.39 is 65.8 Å². The lowest BCUT2D eigenvalue weighted by Gasteiger charge is -2.39. The van der Waals surface area contributed by atoms with Gasteiger partial charge >= 0.3 is 0 Å². The van der Waals surface area contributed by atoms with Crippen molar-refractivity contribution in [1.29, 1.82) is 0 Å². The summed E-state index contributed by atoms with van der Waals surface area (Å²) in [4.78, 5) is 114. The number of amides is 6. The largest absolute Gasteiger partial charge is 0.489 e. The van der Waals surface area contributed by atoms with Crippen molar-refractivity contribution in [2.24, 2.45) is 7.05 Å². The number of halogens is 3. The van der Waals surface area contributed by atoms with Crippen LogP contribution in [0, 0.1) is 6.92 Å². The number of aromatic nitrogens is 8. The van der Waals surface area contributed by atoms with Crippen LogP contribution < -0.4 is 35.5 Å². The fraction of sp³-hybridized carbons (Fsp3) is 0.361. The smallest absolute Gasteiger partial charge is 0.254 e. The minimum atomic E-state index is -1.68. The molecule has 0 aliphatic heterocycles. The van der Waals surface area contributed by atoms with Gasteiger partial charge in [-0.2, -0.15) is 0 Å². The van der Waals surface area contributed by atoms with Gasteiger partial charge in [0.05, 0.1) is 74.3 Å². The van der Waals surface area contributed by atoms with Crippen molar-refractivity contribution in [1.82, 2.24) is 68.9 Å². The zero-order chi connectivity index (χ0) is 102. The third-order valence-electron chi connectivity index (χ3n) is 23.2. The number of hydrogen-bond donors (Lipinski definition) is 9. The van der Waals surface area contributed by atoms with Crippen molar-refractivity contribution in [3.63, 3.8) is 0 Å². The number of fused-ring (bicyclic) bond motifs is 2. The third kappa shape index (κ3) is 28.4. The molecule has 0 bridgehead atoms. The Kier molecular flexibility index (Phi) is 36.9. The fourth-order valence-electron chi connectivity index (χ4n) is 16.1. The van der Waals surface area contributed by atoms with Gasteiger partial charge in [0, 0.05) is 166 Å². The first kappa shape index (κ1) is 107. The summed E-state index contributed by atoms with van der Waals surface area (Å²) in [6.45, 7) is 28.0. The zero-order valence-electron chi connectivity index (χ0n) is 82.4. The topological polar surface area (TPSA) is 373 Å². The minimum absolute atomic E-state index is 0.0430. The van der Waals surface area contributed by atoms with E-state index in [1.807, 2.05) is 227 Å². The second kappa shape index (κ2) is 48.2. The number of ketones is 1. The second-order valence-corrected chi connectivity index (χ2v) is 38.3. The Labute approximate surface area is 832 Å². The number of aliphatic hydroxyl groups excluding tert-OH is 4. The van der Waals surface area contributed by atoms with Gasteiger partial charge in [0.15, 0.2) is 17.3 Å². The average molecular weight is 1970 g/mol. The molecule has 6 heterocycles. The van der Waals surface area contributed by atoms with E-state index in [0.29, 0.717) is 86.1 Å². The van der Waals surface area contributed by atoms with E-state index in [1.165, 1.54) is 31.7 Å². The van der Waals surface area contributed by atoms with E-state index >= 15 is 4.79 Å². The van der Waals surface area contributed by atoms with E-state index in [4.69, 9.17) is 64.0 Å². The molecule has 0 radical (unpaired) electrons. The molecule has 9 N–H and O–H groups in total. The number of aryl methyl sites for hydroxylation is 3. The molecule has 0 saturated carbocycles. The number of benzene rings is 7. The molecule has 0 saturated heterocycles. The SMILES string of the molecule is CC(C)Oc1ccc(C(=O)NC(O)(CCCO)c2ccc(-c3cn(C)c(C(C)(C)C)n3)cc2)cc1Cl.CCn1cc(-c2ccc(CC(CC(=O)N(C)C)NC(=O)c3ccc(OC(C)C)c(Cl)c3)cc2)nc1C(C)=O.Cc1cccn2cc(-c3ccc(CC(CNC(=O)C(C)O)N(C(=O)c4ccc(OC(C)C)c(Cl)c4)C(CNC(=O)C(C)O)Cc4ccc(-c5cn6cccc(C(C)O)c6n5)cc4)cc3)nc12. The Hall–Kier alpha value is -13.1. The molecule has 740 valence electrons. The molecule has 6 aromatic heterocycles. The summed E-state index contributed by atoms with van der Waals surface area (Å²) in [5.74, 6) is 0.140. The lowest BCUT2D eigenvalue weighted by molar-refractivity contribution is -0.129. The van der Waals surface area contributed by atoms with Crippen molar-refractivity contribution in [2.75, 3.05) is 33.8 Å². The predicted molar refractivity (Wildman–Crippen MR) is 545 cm³/mol. The number of nitrogens with zero attached hydrogens (tertiary/aromatic N) is 10. The van der Waals surface area contributed by atoms with Gasteiger partial charge in [0.25, 0.3) is 17.7 Å². The van der Waals surface area contributed by atoms with Gasteiger partial charge in [-0.15, -0.1) is 0 Å². The Balaban J connectivity index is 0.000000216. The molecule has 0 aliphatic carbocycles. The molecule has 6 amide bonds. The van der Waals surface area contributed by atoms with Crippen LogP contribution in [-0.4, -0.2) is 197 Å². The summed E-state index contributed by atoms with van der Waals surface area (Å²) < 4.78 is 24.9. The van der Waals surface area contributed by atoms with Crippen LogP contribution in [0.4, 0.5) is 0 Å². The molecule has 7 unspecified atom stereocenters. The molecule has 0 aliphatic rings. The molecule has 32 heteroatoms. The first-order chi connectivity index (χ1) is 66.4. The second-order valence-electron chi connectivity index (χ2n) is 37.0. The van der Waals surface area contributed by atoms with E-state index in [-0.39, 0.29) is 97.3 Å².